The quantitative estimate of drug-likeness (QED) is 0.504. The maximum Gasteiger partial charge on any atom is 0.337 e. The van der Waals surface area contributed by atoms with Crippen LogP contribution in [0.15, 0.2) is 34.7 Å². The minimum Gasteiger partial charge on any atom is -0.465 e. The van der Waals surface area contributed by atoms with Gasteiger partial charge in [-0.1, -0.05) is 0 Å². The topological polar surface area (TPSA) is 87.0 Å². The molecule has 1 N–H and O–H groups in total. The number of nitrogens with one attached hydrogen (secondary N) is 1. The first-order valence-corrected chi connectivity index (χ1v) is 8.78. The van der Waals surface area contributed by atoms with Crippen LogP contribution in [0.5, 0.6) is 0 Å². The van der Waals surface area contributed by atoms with Crippen molar-refractivity contribution < 1.29 is 28.2 Å². The molecule has 7 heteroatoms. The molecule has 146 valence electrons. The number of methoxy groups -OCH3 is 2. The van der Waals surface area contributed by atoms with Crippen molar-refractivity contribution in [2.45, 2.75) is 19.9 Å². The van der Waals surface area contributed by atoms with Crippen molar-refractivity contribution in [1.29, 1.82) is 0 Å². The van der Waals surface area contributed by atoms with Crippen molar-refractivity contribution in [3.8, 4) is 11.3 Å². The Labute approximate surface area is 158 Å². The van der Waals surface area contributed by atoms with Crippen LogP contribution in [0.3, 0.4) is 0 Å². The molecule has 0 spiro atoms. The van der Waals surface area contributed by atoms with Crippen LogP contribution in [0.2, 0.25) is 0 Å². The van der Waals surface area contributed by atoms with Crippen LogP contribution in [-0.2, 0) is 20.8 Å². The van der Waals surface area contributed by atoms with Gasteiger partial charge in [0.05, 0.1) is 31.9 Å². The summed E-state index contributed by atoms with van der Waals surface area (Å²) in [5.74, 6) is 0.232. The first-order valence-electron chi connectivity index (χ1n) is 8.78. The molecule has 0 radical (unpaired) electrons. The molecule has 0 saturated heterocycles. The van der Waals surface area contributed by atoms with Gasteiger partial charge in [-0.2, -0.15) is 0 Å². The summed E-state index contributed by atoms with van der Waals surface area (Å²) in [5.41, 5.74) is 1.10. The lowest BCUT2D eigenvalue weighted by atomic mass is 10.0. The molecule has 0 aliphatic heterocycles. The van der Waals surface area contributed by atoms with E-state index in [2.05, 4.69) is 5.32 Å². The van der Waals surface area contributed by atoms with E-state index < -0.39 is 11.9 Å². The van der Waals surface area contributed by atoms with Gasteiger partial charge in [-0.15, -0.1) is 0 Å². The second-order valence-electron chi connectivity index (χ2n) is 5.78. The lowest BCUT2D eigenvalue weighted by molar-refractivity contribution is 0.0599. The lowest BCUT2D eigenvalue weighted by Crippen LogP contribution is -2.15. The van der Waals surface area contributed by atoms with Gasteiger partial charge in [0.15, 0.2) is 0 Å². The average molecular weight is 375 g/mol. The van der Waals surface area contributed by atoms with Crippen LogP contribution < -0.4 is 5.32 Å². The van der Waals surface area contributed by atoms with Gasteiger partial charge in [-0.3, -0.25) is 0 Å². The first kappa shape index (κ1) is 20.7. The van der Waals surface area contributed by atoms with E-state index in [-0.39, 0.29) is 11.1 Å². The summed E-state index contributed by atoms with van der Waals surface area (Å²) in [6.07, 6.45) is 0.922. The highest BCUT2D eigenvalue weighted by Gasteiger charge is 2.16. The minimum atomic E-state index is -0.537. The lowest BCUT2D eigenvalue weighted by Gasteiger charge is -2.07. The highest BCUT2D eigenvalue weighted by Crippen LogP contribution is 2.25. The SMILES string of the molecule is CCOCCCNCc1ccc(-c2cc(C(=O)OC)cc(C(=O)OC)c2)o1. The molecular formula is C20H25NO6. The first-order chi connectivity index (χ1) is 13.1. The third-order valence-corrected chi connectivity index (χ3v) is 3.87. The molecule has 7 nitrogen and oxygen atoms in total. The highest BCUT2D eigenvalue weighted by atomic mass is 16.5. The van der Waals surface area contributed by atoms with E-state index in [9.17, 15) is 9.59 Å². The zero-order valence-electron chi connectivity index (χ0n) is 15.9. The Bertz CT molecular complexity index is 733. The van der Waals surface area contributed by atoms with Crippen LogP contribution in [0, 0.1) is 0 Å². The zero-order valence-corrected chi connectivity index (χ0v) is 15.9. The predicted octanol–water partition coefficient (Wildman–Crippen LogP) is 3.04. The summed E-state index contributed by atoms with van der Waals surface area (Å²) in [4.78, 5) is 23.8. The number of hydrogen-bond donors (Lipinski definition) is 1. The fourth-order valence-electron chi connectivity index (χ4n) is 2.52. The molecule has 1 heterocycles. The van der Waals surface area contributed by atoms with Crippen molar-refractivity contribution in [1.82, 2.24) is 5.32 Å². The Balaban J connectivity index is 2.11. The maximum atomic E-state index is 11.9. The average Bonchev–Trinajstić information content (AvgIpc) is 3.18. The molecule has 0 fully saturated rings. The standard InChI is InChI=1S/C20H25NO6/c1-4-26-9-5-8-21-13-17-6-7-18(27-17)14-10-15(19(22)24-2)12-16(11-14)20(23)25-3/h6-7,10-12,21H,4-5,8-9,13H2,1-3H3. The molecule has 2 rings (SSSR count). The summed E-state index contributed by atoms with van der Waals surface area (Å²) in [7, 11) is 2.57. The summed E-state index contributed by atoms with van der Waals surface area (Å²) >= 11 is 0. The molecule has 0 saturated carbocycles. The molecular weight excluding hydrogens is 350 g/mol. The van der Waals surface area contributed by atoms with Gasteiger partial charge < -0.3 is 23.9 Å². The van der Waals surface area contributed by atoms with E-state index in [4.69, 9.17) is 18.6 Å². The van der Waals surface area contributed by atoms with Gasteiger partial charge in [0.25, 0.3) is 0 Å². The molecule has 0 aliphatic carbocycles. The van der Waals surface area contributed by atoms with E-state index in [0.717, 1.165) is 31.9 Å². The normalized spacial score (nSPS) is 10.6. The molecule has 0 bridgehead atoms. The third-order valence-electron chi connectivity index (χ3n) is 3.87. The summed E-state index contributed by atoms with van der Waals surface area (Å²) < 4.78 is 20.6. The van der Waals surface area contributed by atoms with Crippen LogP contribution in [0.25, 0.3) is 11.3 Å². The number of ether oxygens (including phenoxy) is 3. The van der Waals surface area contributed by atoms with Crippen molar-refractivity contribution in [3.63, 3.8) is 0 Å². The molecule has 1 aromatic carbocycles. The minimum absolute atomic E-state index is 0.252. The van der Waals surface area contributed by atoms with Gasteiger partial charge >= 0.3 is 11.9 Å². The molecule has 0 atom stereocenters. The van der Waals surface area contributed by atoms with Gasteiger partial charge in [-0.25, -0.2) is 9.59 Å². The van der Waals surface area contributed by atoms with Gasteiger partial charge in [0, 0.05) is 18.8 Å². The number of carbonyl (C=O) groups is 2. The second-order valence-corrected chi connectivity index (χ2v) is 5.78. The molecule has 0 amide bonds. The van der Waals surface area contributed by atoms with E-state index in [1.807, 2.05) is 13.0 Å². The summed E-state index contributed by atoms with van der Waals surface area (Å²) in [6.45, 7) is 4.81. The largest absolute Gasteiger partial charge is 0.465 e. The third kappa shape index (κ3) is 5.94. The fourth-order valence-corrected chi connectivity index (χ4v) is 2.52. The monoisotopic (exact) mass is 375 g/mol. The Morgan fingerprint density at radius 1 is 1.04 bits per heavy atom. The van der Waals surface area contributed by atoms with E-state index >= 15 is 0 Å². The van der Waals surface area contributed by atoms with Gasteiger partial charge in [-0.05, 0) is 50.2 Å². The van der Waals surface area contributed by atoms with E-state index in [0.29, 0.717) is 17.9 Å². The predicted molar refractivity (Wildman–Crippen MR) is 99.6 cm³/mol. The molecule has 1 aromatic heterocycles. The molecule has 2 aromatic rings. The number of carbonyl (C=O) groups excluding carboxylic acids is 2. The smallest absolute Gasteiger partial charge is 0.337 e. The molecule has 0 unspecified atom stereocenters. The molecule has 0 aliphatic rings. The van der Waals surface area contributed by atoms with Crippen molar-refractivity contribution in [3.05, 3.63) is 47.2 Å². The Hall–Kier alpha value is -2.64. The Kier molecular flexibility index (Phi) is 8.03. The Morgan fingerprint density at radius 2 is 1.70 bits per heavy atom. The maximum absolute atomic E-state index is 11.9. The van der Waals surface area contributed by atoms with Gasteiger partial charge in [0.2, 0.25) is 0 Å². The van der Waals surface area contributed by atoms with Gasteiger partial charge in [0.1, 0.15) is 11.5 Å². The fraction of sp³-hybridized carbons (Fsp3) is 0.400. The molecule has 27 heavy (non-hydrogen) atoms. The number of hydrogen-bond acceptors (Lipinski definition) is 7. The van der Waals surface area contributed by atoms with Crippen LogP contribution in [0.4, 0.5) is 0 Å². The number of rotatable bonds is 10. The Morgan fingerprint density at radius 3 is 2.30 bits per heavy atom. The van der Waals surface area contributed by atoms with E-state index in [1.54, 1.807) is 18.2 Å². The van der Waals surface area contributed by atoms with Crippen molar-refractivity contribution in [2.75, 3.05) is 34.0 Å². The summed E-state index contributed by atoms with van der Waals surface area (Å²) in [6, 6.07) is 8.33. The zero-order chi connectivity index (χ0) is 19.6. The second kappa shape index (κ2) is 10.5. The van der Waals surface area contributed by atoms with Crippen molar-refractivity contribution in [2.24, 2.45) is 0 Å². The van der Waals surface area contributed by atoms with E-state index in [1.165, 1.54) is 20.3 Å². The van der Waals surface area contributed by atoms with Crippen LogP contribution >= 0.6 is 0 Å². The summed E-state index contributed by atoms with van der Waals surface area (Å²) in [5, 5.41) is 3.28. The number of furan rings is 1. The van der Waals surface area contributed by atoms with Crippen LogP contribution in [-0.4, -0.2) is 45.9 Å². The van der Waals surface area contributed by atoms with Crippen molar-refractivity contribution >= 4 is 11.9 Å². The number of esters is 2. The number of benzene rings is 1. The highest BCUT2D eigenvalue weighted by molar-refractivity contribution is 5.97. The van der Waals surface area contributed by atoms with Crippen LogP contribution in [0.1, 0.15) is 39.8 Å².